The van der Waals surface area contributed by atoms with Gasteiger partial charge in [0, 0.05) is 36.0 Å². The molecule has 3 N–H and O–H groups in total. The number of ether oxygens (including phenoxy) is 2. The van der Waals surface area contributed by atoms with E-state index >= 15 is 0 Å². The van der Waals surface area contributed by atoms with Crippen LogP contribution in [0.3, 0.4) is 0 Å². The Labute approximate surface area is 194 Å². The summed E-state index contributed by atoms with van der Waals surface area (Å²) in [4.78, 5) is 3.31. The maximum atomic E-state index is 11.0. The smallest absolute Gasteiger partial charge is 0.119 e. The lowest BCUT2D eigenvalue weighted by Gasteiger charge is -2.38. The lowest BCUT2D eigenvalue weighted by atomic mass is 9.82. The molecule has 3 unspecified atom stereocenters. The van der Waals surface area contributed by atoms with E-state index in [0.717, 1.165) is 22.2 Å². The molecule has 3 atom stereocenters. The Hall–Kier alpha value is -3.12. The third kappa shape index (κ3) is 4.67. The van der Waals surface area contributed by atoms with Crippen LogP contribution in [0.15, 0.2) is 85.1 Å². The van der Waals surface area contributed by atoms with E-state index in [0.29, 0.717) is 19.6 Å². The first-order chi connectivity index (χ1) is 16.2. The molecule has 5 rings (SSSR count). The van der Waals surface area contributed by atoms with Crippen LogP contribution in [0.5, 0.6) is 5.75 Å². The number of aliphatic hydroxyl groups excluding tert-OH is 1. The molecule has 1 saturated heterocycles. The summed E-state index contributed by atoms with van der Waals surface area (Å²) in [5, 5.41) is 15.7. The van der Waals surface area contributed by atoms with Crippen LogP contribution in [0, 0.1) is 0 Å². The molecule has 5 heteroatoms. The molecule has 0 bridgehead atoms. The lowest BCUT2D eigenvalue weighted by molar-refractivity contribution is -0.0717. The van der Waals surface area contributed by atoms with E-state index in [1.165, 1.54) is 11.1 Å². The molecule has 0 aliphatic carbocycles. The summed E-state index contributed by atoms with van der Waals surface area (Å²) in [6.07, 6.45) is 2.02. The molecule has 0 spiro atoms. The van der Waals surface area contributed by atoms with Crippen LogP contribution < -0.4 is 10.1 Å². The summed E-state index contributed by atoms with van der Waals surface area (Å²) < 4.78 is 11.7. The Morgan fingerprint density at radius 3 is 2.36 bits per heavy atom. The molecular weight excluding hydrogens is 412 g/mol. The highest BCUT2D eigenvalue weighted by Gasteiger charge is 2.35. The Balaban J connectivity index is 1.28. The standard InChI is InChI=1S/C28H30N2O3/c1-32-22-12-13-24-23(14-22)21(16-29-24)17-30-25-18-33-27(15-26(25)31)28(19-8-4-2-5-9-19)20-10-6-3-7-11-20/h2-14,16,25-31H,15,17-18H2,1H3. The van der Waals surface area contributed by atoms with Crippen molar-refractivity contribution in [2.45, 2.75) is 37.1 Å². The molecular formula is C28H30N2O3. The van der Waals surface area contributed by atoms with E-state index in [-0.39, 0.29) is 18.1 Å². The zero-order chi connectivity index (χ0) is 22.6. The molecule has 1 aromatic heterocycles. The van der Waals surface area contributed by atoms with Gasteiger partial charge in [0.2, 0.25) is 0 Å². The number of aromatic nitrogens is 1. The summed E-state index contributed by atoms with van der Waals surface area (Å²) in [6.45, 7) is 1.11. The molecule has 0 saturated carbocycles. The Morgan fingerprint density at radius 1 is 1.03 bits per heavy atom. The van der Waals surface area contributed by atoms with Crippen molar-refractivity contribution in [1.29, 1.82) is 0 Å². The number of aliphatic hydroxyl groups is 1. The Morgan fingerprint density at radius 2 is 1.73 bits per heavy atom. The van der Waals surface area contributed by atoms with Crippen molar-refractivity contribution in [2.24, 2.45) is 0 Å². The molecule has 3 aromatic carbocycles. The third-order valence-corrected chi connectivity index (χ3v) is 6.65. The Bertz CT molecular complexity index is 1140. The van der Waals surface area contributed by atoms with Gasteiger partial charge >= 0.3 is 0 Å². The first-order valence-corrected chi connectivity index (χ1v) is 11.5. The van der Waals surface area contributed by atoms with Gasteiger partial charge in [0.05, 0.1) is 32.0 Å². The van der Waals surface area contributed by atoms with E-state index in [1.807, 2.05) is 36.5 Å². The second kappa shape index (κ2) is 9.79. The predicted octanol–water partition coefficient (Wildman–Crippen LogP) is 4.62. The molecule has 2 heterocycles. The summed E-state index contributed by atoms with van der Waals surface area (Å²) in [7, 11) is 1.68. The second-order valence-electron chi connectivity index (χ2n) is 8.69. The molecule has 33 heavy (non-hydrogen) atoms. The van der Waals surface area contributed by atoms with Crippen molar-refractivity contribution < 1.29 is 14.6 Å². The van der Waals surface area contributed by atoms with Crippen molar-refractivity contribution in [2.75, 3.05) is 13.7 Å². The average molecular weight is 443 g/mol. The number of fused-ring (bicyclic) bond motifs is 1. The number of hydrogen-bond donors (Lipinski definition) is 3. The van der Waals surface area contributed by atoms with Gasteiger partial charge in [-0.1, -0.05) is 60.7 Å². The molecule has 1 fully saturated rings. The molecule has 0 amide bonds. The molecule has 1 aliphatic rings. The van der Waals surface area contributed by atoms with E-state index in [9.17, 15) is 5.11 Å². The fourth-order valence-corrected chi connectivity index (χ4v) is 4.85. The van der Waals surface area contributed by atoms with Crippen molar-refractivity contribution in [3.05, 3.63) is 102 Å². The SMILES string of the molecule is COc1ccc2[nH]cc(CNC3COC(C(c4ccccc4)c4ccccc4)CC3O)c2c1. The maximum Gasteiger partial charge on any atom is 0.119 e. The van der Waals surface area contributed by atoms with Gasteiger partial charge in [-0.2, -0.15) is 0 Å². The average Bonchev–Trinajstić information content (AvgIpc) is 3.27. The van der Waals surface area contributed by atoms with E-state index in [2.05, 4.69) is 58.8 Å². The summed E-state index contributed by atoms with van der Waals surface area (Å²) >= 11 is 0. The molecule has 5 nitrogen and oxygen atoms in total. The third-order valence-electron chi connectivity index (χ3n) is 6.65. The fraction of sp³-hybridized carbons (Fsp3) is 0.286. The van der Waals surface area contributed by atoms with Crippen LogP contribution in [-0.2, 0) is 11.3 Å². The van der Waals surface area contributed by atoms with Crippen molar-refractivity contribution in [3.63, 3.8) is 0 Å². The largest absolute Gasteiger partial charge is 0.497 e. The zero-order valence-corrected chi connectivity index (χ0v) is 18.8. The molecule has 4 aromatic rings. The first-order valence-electron chi connectivity index (χ1n) is 11.5. The first kappa shape index (κ1) is 21.7. The lowest BCUT2D eigenvalue weighted by Crippen LogP contribution is -2.50. The predicted molar refractivity (Wildman–Crippen MR) is 131 cm³/mol. The quantitative estimate of drug-likeness (QED) is 0.391. The van der Waals surface area contributed by atoms with Gasteiger partial charge in [-0.15, -0.1) is 0 Å². The highest BCUT2D eigenvalue weighted by Crippen LogP contribution is 2.34. The number of rotatable bonds is 7. The van der Waals surface area contributed by atoms with Crippen LogP contribution in [0.25, 0.3) is 10.9 Å². The molecule has 1 aliphatic heterocycles. The minimum Gasteiger partial charge on any atom is -0.497 e. The van der Waals surface area contributed by atoms with Gasteiger partial charge in [0.25, 0.3) is 0 Å². The second-order valence-corrected chi connectivity index (χ2v) is 8.69. The molecule has 170 valence electrons. The van der Waals surface area contributed by atoms with Gasteiger partial charge in [-0.3, -0.25) is 0 Å². The van der Waals surface area contributed by atoms with Crippen molar-refractivity contribution in [1.82, 2.24) is 10.3 Å². The number of benzene rings is 3. The van der Waals surface area contributed by atoms with Gasteiger partial charge in [0.15, 0.2) is 0 Å². The minimum absolute atomic E-state index is 0.0831. The topological polar surface area (TPSA) is 66.5 Å². The summed E-state index contributed by atoms with van der Waals surface area (Å²) in [5.74, 6) is 0.921. The van der Waals surface area contributed by atoms with E-state index < -0.39 is 6.10 Å². The van der Waals surface area contributed by atoms with E-state index in [1.54, 1.807) is 7.11 Å². The number of H-pyrrole nitrogens is 1. The normalized spacial score (nSPS) is 20.9. The van der Waals surface area contributed by atoms with Crippen LogP contribution in [-0.4, -0.2) is 42.1 Å². The monoisotopic (exact) mass is 442 g/mol. The minimum atomic E-state index is -0.488. The fourth-order valence-electron chi connectivity index (χ4n) is 4.85. The highest BCUT2D eigenvalue weighted by atomic mass is 16.5. The van der Waals surface area contributed by atoms with Gasteiger partial charge in [0.1, 0.15) is 5.75 Å². The maximum absolute atomic E-state index is 11.0. The van der Waals surface area contributed by atoms with Crippen LogP contribution in [0.2, 0.25) is 0 Å². The highest BCUT2D eigenvalue weighted by molar-refractivity contribution is 5.84. The number of aromatic amines is 1. The van der Waals surface area contributed by atoms with Crippen LogP contribution in [0.4, 0.5) is 0 Å². The van der Waals surface area contributed by atoms with Gasteiger partial charge < -0.3 is 24.9 Å². The van der Waals surface area contributed by atoms with Gasteiger partial charge in [-0.05, 0) is 34.9 Å². The van der Waals surface area contributed by atoms with Crippen LogP contribution >= 0.6 is 0 Å². The summed E-state index contributed by atoms with van der Waals surface area (Å²) in [5.41, 5.74) is 4.63. The molecule has 0 radical (unpaired) electrons. The van der Waals surface area contributed by atoms with Gasteiger partial charge in [-0.25, -0.2) is 0 Å². The number of methoxy groups -OCH3 is 1. The van der Waals surface area contributed by atoms with Crippen molar-refractivity contribution >= 4 is 10.9 Å². The number of hydrogen-bond acceptors (Lipinski definition) is 4. The van der Waals surface area contributed by atoms with Crippen LogP contribution in [0.1, 0.15) is 29.0 Å². The zero-order valence-electron chi connectivity index (χ0n) is 18.8. The summed E-state index contributed by atoms with van der Waals surface area (Å²) in [6, 6.07) is 26.8. The Kier molecular flexibility index (Phi) is 6.44. The number of nitrogens with one attached hydrogen (secondary N) is 2. The van der Waals surface area contributed by atoms with Crippen molar-refractivity contribution in [3.8, 4) is 5.75 Å². The van der Waals surface area contributed by atoms with E-state index in [4.69, 9.17) is 9.47 Å².